The predicted octanol–water partition coefficient (Wildman–Crippen LogP) is 4.27. The van der Waals surface area contributed by atoms with Crippen LogP contribution in [0.3, 0.4) is 0 Å². The summed E-state index contributed by atoms with van der Waals surface area (Å²) >= 11 is 0. The molecule has 2 aliphatic carbocycles. The van der Waals surface area contributed by atoms with Crippen LogP contribution in [0.1, 0.15) is 72.6 Å². The first-order chi connectivity index (χ1) is 9.24. The Morgan fingerprint density at radius 2 is 2.15 bits per heavy atom. The molecule has 1 N–H and O–H groups in total. The summed E-state index contributed by atoms with van der Waals surface area (Å²) in [5.74, 6) is 1.38. The second-order valence-corrected chi connectivity index (χ2v) is 7.81. The Labute approximate surface area is 123 Å². The number of Topliss-reactive ketones (excluding diaryl/α,β-unsaturated/α-hetero) is 1. The van der Waals surface area contributed by atoms with Crippen LogP contribution in [0.25, 0.3) is 0 Å². The Morgan fingerprint density at radius 3 is 2.80 bits per heavy atom. The SMILES string of the molecule is C/C(=C\CCC(C)(C)O)[C@H]1CC[C@H]2C(=O)CCC[C@]12C. The molecule has 2 aliphatic rings. The fourth-order valence-electron chi connectivity index (χ4n) is 4.47. The van der Waals surface area contributed by atoms with E-state index in [0.717, 1.165) is 38.5 Å². The quantitative estimate of drug-likeness (QED) is 0.780. The Morgan fingerprint density at radius 1 is 1.45 bits per heavy atom. The van der Waals surface area contributed by atoms with Crippen molar-refractivity contribution in [3.63, 3.8) is 0 Å². The molecule has 2 nitrogen and oxygen atoms in total. The van der Waals surface area contributed by atoms with E-state index in [1.54, 1.807) is 0 Å². The number of carbonyl (C=O) groups excluding carboxylic acids is 1. The number of carbonyl (C=O) groups is 1. The Balaban J connectivity index is 2.05. The number of ketones is 1. The molecule has 0 bridgehead atoms. The van der Waals surface area contributed by atoms with Crippen LogP contribution in [0.2, 0.25) is 0 Å². The van der Waals surface area contributed by atoms with Crippen molar-refractivity contribution in [1.29, 1.82) is 0 Å². The molecule has 0 amide bonds. The third kappa shape index (κ3) is 3.16. The standard InChI is InChI=1S/C18H30O2/c1-13(7-5-11-17(2,3)20)14-9-10-15-16(19)8-6-12-18(14,15)4/h7,14-15,20H,5-6,8-12H2,1-4H3/b13-7+/t14-,15+,18-/m1/s1. The van der Waals surface area contributed by atoms with E-state index in [2.05, 4.69) is 19.9 Å². The van der Waals surface area contributed by atoms with Crippen LogP contribution in [-0.2, 0) is 4.79 Å². The molecule has 20 heavy (non-hydrogen) atoms. The van der Waals surface area contributed by atoms with Crippen molar-refractivity contribution >= 4 is 5.78 Å². The fraction of sp³-hybridized carbons (Fsp3) is 0.833. The third-order valence-electron chi connectivity index (χ3n) is 5.64. The van der Waals surface area contributed by atoms with Gasteiger partial charge in [-0.2, -0.15) is 0 Å². The molecular weight excluding hydrogens is 248 g/mol. The van der Waals surface area contributed by atoms with Gasteiger partial charge in [-0.25, -0.2) is 0 Å². The number of hydrogen-bond acceptors (Lipinski definition) is 2. The van der Waals surface area contributed by atoms with Gasteiger partial charge in [0.15, 0.2) is 0 Å². The van der Waals surface area contributed by atoms with Crippen molar-refractivity contribution in [3.05, 3.63) is 11.6 Å². The maximum Gasteiger partial charge on any atom is 0.136 e. The van der Waals surface area contributed by atoms with Gasteiger partial charge in [-0.15, -0.1) is 0 Å². The van der Waals surface area contributed by atoms with Gasteiger partial charge in [0.05, 0.1) is 5.60 Å². The number of rotatable bonds is 4. The van der Waals surface area contributed by atoms with E-state index in [0.29, 0.717) is 17.6 Å². The molecule has 0 aromatic heterocycles. The maximum atomic E-state index is 12.1. The lowest BCUT2D eigenvalue weighted by Crippen LogP contribution is -2.37. The predicted molar refractivity (Wildman–Crippen MR) is 82.5 cm³/mol. The summed E-state index contributed by atoms with van der Waals surface area (Å²) in [7, 11) is 0. The van der Waals surface area contributed by atoms with Crippen LogP contribution in [0.15, 0.2) is 11.6 Å². The van der Waals surface area contributed by atoms with Crippen LogP contribution in [0, 0.1) is 17.3 Å². The van der Waals surface area contributed by atoms with E-state index in [1.807, 2.05) is 13.8 Å². The van der Waals surface area contributed by atoms with Gasteiger partial charge in [0.1, 0.15) is 5.78 Å². The van der Waals surface area contributed by atoms with E-state index in [9.17, 15) is 9.90 Å². The van der Waals surface area contributed by atoms with Crippen molar-refractivity contribution < 1.29 is 9.90 Å². The fourth-order valence-corrected chi connectivity index (χ4v) is 4.47. The molecule has 0 aromatic carbocycles. The number of fused-ring (bicyclic) bond motifs is 1. The van der Waals surface area contributed by atoms with E-state index >= 15 is 0 Å². The summed E-state index contributed by atoms with van der Waals surface area (Å²) in [6.45, 7) is 8.28. The Kier molecular flexibility index (Phi) is 4.44. The monoisotopic (exact) mass is 278 g/mol. The van der Waals surface area contributed by atoms with Gasteiger partial charge in [0.2, 0.25) is 0 Å². The zero-order valence-electron chi connectivity index (χ0n) is 13.5. The van der Waals surface area contributed by atoms with Gasteiger partial charge >= 0.3 is 0 Å². The molecule has 2 fully saturated rings. The molecular formula is C18H30O2. The second-order valence-electron chi connectivity index (χ2n) is 7.81. The Bertz CT molecular complexity index is 402. The summed E-state index contributed by atoms with van der Waals surface area (Å²) in [5.41, 5.74) is 1.05. The normalized spacial score (nSPS) is 35.2. The van der Waals surface area contributed by atoms with Crippen LogP contribution in [0.5, 0.6) is 0 Å². The summed E-state index contributed by atoms with van der Waals surface area (Å²) < 4.78 is 0. The molecule has 0 radical (unpaired) electrons. The van der Waals surface area contributed by atoms with Crippen molar-refractivity contribution in [3.8, 4) is 0 Å². The van der Waals surface area contributed by atoms with Gasteiger partial charge in [0.25, 0.3) is 0 Å². The summed E-state index contributed by atoms with van der Waals surface area (Å²) in [4.78, 5) is 12.1. The topological polar surface area (TPSA) is 37.3 Å². The molecule has 0 spiro atoms. The van der Waals surface area contributed by atoms with Gasteiger partial charge in [-0.1, -0.05) is 18.6 Å². The largest absolute Gasteiger partial charge is 0.390 e. The third-order valence-corrected chi connectivity index (χ3v) is 5.64. The summed E-state index contributed by atoms with van der Waals surface area (Å²) in [6.07, 6.45) is 9.35. The van der Waals surface area contributed by atoms with Crippen LogP contribution in [-0.4, -0.2) is 16.5 Å². The van der Waals surface area contributed by atoms with Crippen molar-refractivity contribution in [2.75, 3.05) is 0 Å². The molecule has 0 aliphatic heterocycles. The van der Waals surface area contributed by atoms with Crippen LogP contribution in [0.4, 0.5) is 0 Å². The number of hydrogen-bond donors (Lipinski definition) is 1. The minimum atomic E-state index is -0.584. The van der Waals surface area contributed by atoms with E-state index in [4.69, 9.17) is 0 Å². The zero-order chi connectivity index (χ0) is 15.0. The lowest BCUT2D eigenvalue weighted by atomic mass is 9.63. The van der Waals surface area contributed by atoms with Gasteiger partial charge in [-0.3, -0.25) is 4.79 Å². The van der Waals surface area contributed by atoms with Crippen LogP contribution >= 0.6 is 0 Å². The van der Waals surface area contributed by atoms with Gasteiger partial charge in [-0.05, 0) is 70.6 Å². The molecule has 0 unspecified atom stereocenters. The van der Waals surface area contributed by atoms with Gasteiger partial charge in [0, 0.05) is 12.3 Å². The maximum absolute atomic E-state index is 12.1. The van der Waals surface area contributed by atoms with Crippen molar-refractivity contribution in [1.82, 2.24) is 0 Å². The van der Waals surface area contributed by atoms with E-state index in [-0.39, 0.29) is 5.41 Å². The van der Waals surface area contributed by atoms with E-state index in [1.165, 1.54) is 12.0 Å². The molecule has 114 valence electrons. The molecule has 2 heteroatoms. The first kappa shape index (κ1) is 15.8. The average molecular weight is 278 g/mol. The van der Waals surface area contributed by atoms with E-state index < -0.39 is 5.60 Å². The van der Waals surface area contributed by atoms with Gasteiger partial charge < -0.3 is 5.11 Å². The van der Waals surface area contributed by atoms with Crippen molar-refractivity contribution in [2.45, 2.75) is 78.2 Å². The number of aliphatic hydroxyl groups is 1. The molecule has 3 atom stereocenters. The number of allylic oxidation sites excluding steroid dienone is 2. The minimum Gasteiger partial charge on any atom is -0.390 e. The molecule has 2 saturated carbocycles. The summed E-state index contributed by atoms with van der Waals surface area (Å²) in [5, 5.41) is 9.79. The smallest absolute Gasteiger partial charge is 0.136 e. The van der Waals surface area contributed by atoms with Crippen molar-refractivity contribution in [2.24, 2.45) is 17.3 Å². The first-order valence-corrected chi connectivity index (χ1v) is 8.16. The Hall–Kier alpha value is -0.630. The zero-order valence-corrected chi connectivity index (χ0v) is 13.5. The summed E-state index contributed by atoms with van der Waals surface area (Å²) in [6, 6.07) is 0. The highest BCUT2D eigenvalue weighted by molar-refractivity contribution is 5.83. The first-order valence-electron chi connectivity index (χ1n) is 8.16. The minimum absolute atomic E-state index is 0.199. The lowest BCUT2D eigenvalue weighted by Gasteiger charge is -2.40. The highest BCUT2D eigenvalue weighted by Crippen LogP contribution is 2.56. The highest BCUT2D eigenvalue weighted by atomic mass is 16.3. The molecule has 0 heterocycles. The second kappa shape index (κ2) is 5.63. The molecule has 0 aromatic rings. The molecule has 0 saturated heterocycles. The highest BCUT2D eigenvalue weighted by Gasteiger charge is 2.51. The average Bonchev–Trinajstić information content (AvgIpc) is 2.66. The van der Waals surface area contributed by atoms with Crippen LogP contribution < -0.4 is 0 Å². The lowest BCUT2D eigenvalue weighted by molar-refractivity contribution is -0.129. The molecule has 2 rings (SSSR count).